The zero-order chi connectivity index (χ0) is 13.5. The Labute approximate surface area is 118 Å². The van der Waals surface area contributed by atoms with E-state index >= 15 is 0 Å². The first-order valence-corrected chi connectivity index (χ1v) is 7.98. The molecule has 1 aliphatic heterocycles. The smallest absolute Gasteiger partial charge is 0.224 e. The fourth-order valence-electron chi connectivity index (χ4n) is 3.29. The quantitative estimate of drug-likeness (QED) is 0.892. The minimum atomic E-state index is -0.248. The summed E-state index contributed by atoms with van der Waals surface area (Å²) in [6.45, 7) is 6.32. The molecule has 4 heteroatoms. The SMILES string of the molecule is CC(C)(NC(=O)C1CC12CCNCC2)c1cccs1. The van der Waals surface area contributed by atoms with Crippen LogP contribution < -0.4 is 10.6 Å². The van der Waals surface area contributed by atoms with Crippen LogP contribution in [-0.2, 0) is 10.3 Å². The predicted octanol–water partition coefficient (Wildman–Crippen LogP) is 2.49. The van der Waals surface area contributed by atoms with Crippen LogP contribution >= 0.6 is 11.3 Å². The summed E-state index contributed by atoms with van der Waals surface area (Å²) in [5.41, 5.74) is 0.0722. The molecule has 104 valence electrons. The van der Waals surface area contributed by atoms with Gasteiger partial charge in [-0.15, -0.1) is 11.3 Å². The topological polar surface area (TPSA) is 41.1 Å². The lowest BCUT2D eigenvalue weighted by molar-refractivity contribution is -0.125. The lowest BCUT2D eigenvalue weighted by Crippen LogP contribution is -2.42. The molecule has 1 aliphatic carbocycles. The monoisotopic (exact) mass is 278 g/mol. The van der Waals surface area contributed by atoms with Crippen molar-refractivity contribution >= 4 is 17.2 Å². The van der Waals surface area contributed by atoms with Gasteiger partial charge < -0.3 is 10.6 Å². The summed E-state index contributed by atoms with van der Waals surface area (Å²) < 4.78 is 0. The standard InChI is InChI=1S/C15H22N2OS/c1-14(2,12-4-3-9-19-12)17-13(18)11-10-15(11)5-7-16-8-6-15/h3-4,9,11,16H,5-8,10H2,1-2H3,(H,17,18). The van der Waals surface area contributed by atoms with Crippen molar-refractivity contribution in [2.24, 2.45) is 11.3 Å². The van der Waals surface area contributed by atoms with Crippen LogP contribution in [0.5, 0.6) is 0 Å². The van der Waals surface area contributed by atoms with E-state index in [0.717, 1.165) is 32.4 Å². The van der Waals surface area contributed by atoms with Gasteiger partial charge in [0.25, 0.3) is 0 Å². The van der Waals surface area contributed by atoms with Gasteiger partial charge in [0.1, 0.15) is 0 Å². The summed E-state index contributed by atoms with van der Waals surface area (Å²) in [4.78, 5) is 13.7. The highest BCUT2D eigenvalue weighted by Gasteiger charge is 2.58. The molecule has 1 aromatic heterocycles. The van der Waals surface area contributed by atoms with E-state index in [-0.39, 0.29) is 17.4 Å². The van der Waals surface area contributed by atoms with E-state index in [1.165, 1.54) is 4.88 Å². The van der Waals surface area contributed by atoms with Crippen LogP contribution in [-0.4, -0.2) is 19.0 Å². The molecule has 19 heavy (non-hydrogen) atoms. The van der Waals surface area contributed by atoms with Crippen molar-refractivity contribution in [3.8, 4) is 0 Å². The van der Waals surface area contributed by atoms with Gasteiger partial charge in [-0.05, 0) is 63.1 Å². The minimum Gasteiger partial charge on any atom is -0.346 e. The number of nitrogens with one attached hydrogen (secondary N) is 2. The third-order valence-electron chi connectivity index (χ3n) is 4.68. The summed E-state index contributed by atoms with van der Waals surface area (Å²) in [6, 6.07) is 4.14. The lowest BCUT2D eigenvalue weighted by atomic mass is 9.91. The van der Waals surface area contributed by atoms with Crippen molar-refractivity contribution in [1.29, 1.82) is 0 Å². The largest absolute Gasteiger partial charge is 0.346 e. The third kappa shape index (κ3) is 2.43. The average molecular weight is 278 g/mol. The molecule has 1 saturated heterocycles. The van der Waals surface area contributed by atoms with E-state index in [9.17, 15) is 4.79 Å². The normalized spacial score (nSPS) is 25.3. The maximum atomic E-state index is 12.5. The van der Waals surface area contributed by atoms with E-state index in [4.69, 9.17) is 0 Å². The molecule has 1 atom stereocenters. The molecule has 3 rings (SSSR count). The summed E-state index contributed by atoms with van der Waals surface area (Å²) in [5.74, 6) is 0.495. The molecule has 1 spiro atoms. The Bertz CT molecular complexity index is 460. The summed E-state index contributed by atoms with van der Waals surface area (Å²) in [6.07, 6.45) is 3.40. The summed E-state index contributed by atoms with van der Waals surface area (Å²) in [5, 5.41) is 8.69. The number of carbonyl (C=O) groups is 1. The van der Waals surface area contributed by atoms with E-state index in [2.05, 4.69) is 35.9 Å². The summed E-state index contributed by atoms with van der Waals surface area (Å²) >= 11 is 1.71. The molecule has 0 aromatic carbocycles. The maximum absolute atomic E-state index is 12.5. The Morgan fingerprint density at radius 3 is 2.84 bits per heavy atom. The number of hydrogen-bond acceptors (Lipinski definition) is 3. The first-order valence-electron chi connectivity index (χ1n) is 7.10. The summed E-state index contributed by atoms with van der Waals surface area (Å²) in [7, 11) is 0. The Morgan fingerprint density at radius 1 is 1.47 bits per heavy atom. The second-order valence-corrected chi connectivity index (χ2v) is 7.41. The Morgan fingerprint density at radius 2 is 2.21 bits per heavy atom. The number of carbonyl (C=O) groups excluding carboxylic acids is 1. The molecule has 3 nitrogen and oxygen atoms in total. The molecular weight excluding hydrogens is 256 g/mol. The van der Waals surface area contributed by atoms with Crippen molar-refractivity contribution in [3.63, 3.8) is 0 Å². The maximum Gasteiger partial charge on any atom is 0.224 e. The molecule has 1 aromatic rings. The van der Waals surface area contributed by atoms with Crippen molar-refractivity contribution in [1.82, 2.24) is 10.6 Å². The Kier molecular flexibility index (Phi) is 3.18. The van der Waals surface area contributed by atoms with Gasteiger partial charge in [0.2, 0.25) is 5.91 Å². The first-order chi connectivity index (χ1) is 9.04. The fraction of sp³-hybridized carbons (Fsp3) is 0.667. The number of piperidine rings is 1. The molecule has 1 saturated carbocycles. The highest BCUT2D eigenvalue weighted by Crippen LogP contribution is 2.58. The van der Waals surface area contributed by atoms with Gasteiger partial charge in [-0.25, -0.2) is 0 Å². The van der Waals surface area contributed by atoms with E-state index in [0.29, 0.717) is 5.41 Å². The third-order valence-corrected chi connectivity index (χ3v) is 5.87. The molecule has 1 amide bonds. The van der Waals surface area contributed by atoms with Gasteiger partial charge >= 0.3 is 0 Å². The molecule has 2 aliphatic rings. The van der Waals surface area contributed by atoms with Gasteiger partial charge in [0.05, 0.1) is 5.54 Å². The molecule has 1 unspecified atom stereocenters. The van der Waals surface area contributed by atoms with Crippen LogP contribution in [0.2, 0.25) is 0 Å². The van der Waals surface area contributed by atoms with Crippen LogP contribution in [0.25, 0.3) is 0 Å². The molecular formula is C15H22N2OS. The van der Waals surface area contributed by atoms with Crippen LogP contribution in [0.4, 0.5) is 0 Å². The van der Waals surface area contributed by atoms with Gasteiger partial charge in [0, 0.05) is 10.8 Å². The highest BCUT2D eigenvalue weighted by atomic mass is 32.1. The molecule has 2 heterocycles. The van der Waals surface area contributed by atoms with Crippen molar-refractivity contribution in [2.45, 2.75) is 38.6 Å². The zero-order valence-corrected chi connectivity index (χ0v) is 12.5. The minimum absolute atomic E-state index is 0.244. The van der Waals surface area contributed by atoms with Crippen molar-refractivity contribution < 1.29 is 4.79 Å². The fourth-order valence-corrected chi connectivity index (χ4v) is 4.09. The van der Waals surface area contributed by atoms with E-state index in [1.807, 2.05) is 6.07 Å². The number of rotatable bonds is 3. The van der Waals surface area contributed by atoms with Gasteiger partial charge in [0.15, 0.2) is 0 Å². The Hall–Kier alpha value is -0.870. The predicted molar refractivity (Wildman–Crippen MR) is 78.1 cm³/mol. The highest BCUT2D eigenvalue weighted by molar-refractivity contribution is 7.10. The zero-order valence-electron chi connectivity index (χ0n) is 11.7. The van der Waals surface area contributed by atoms with Crippen LogP contribution in [0.3, 0.4) is 0 Å². The second-order valence-electron chi connectivity index (χ2n) is 6.46. The van der Waals surface area contributed by atoms with Crippen LogP contribution in [0.1, 0.15) is 38.0 Å². The van der Waals surface area contributed by atoms with Gasteiger partial charge in [-0.3, -0.25) is 4.79 Å². The number of amides is 1. The number of hydrogen-bond donors (Lipinski definition) is 2. The van der Waals surface area contributed by atoms with Crippen LogP contribution in [0, 0.1) is 11.3 Å². The van der Waals surface area contributed by atoms with E-state index in [1.54, 1.807) is 11.3 Å². The van der Waals surface area contributed by atoms with Crippen LogP contribution in [0.15, 0.2) is 17.5 Å². The van der Waals surface area contributed by atoms with E-state index < -0.39 is 0 Å². The molecule has 0 bridgehead atoms. The Balaban J connectivity index is 1.63. The molecule has 0 radical (unpaired) electrons. The second kappa shape index (κ2) is 4.60. The molecule has 2 fully saturated rings. The average Bonchev–Trinajstić information content (AvgIpc) is 2.84. The number of thiophene rings is 1. The van der Waals surface area contributed by atoms with Gasteiger partial charge in [-0.2, -0.15) is 0 Å². The van der Waals surface area contributed by atoms with Crippen molar-refractivity contribution in [2.75, 3.05) is 13.1 Å². The van der Waals surface area contributed by atoms with Crippen molar-refractivity contribution in [3.05, 3.63) is 22.4 Å². The lowest BCUT2D eigenvalue weighted by Gasteiger charge is -2.27. The van der Waals surface area contributed by atoms with Gasteiger partial charge in [-0.1, -0.05) is 6.07 Å². The first kappa shape index (κ1) is 13.1. The molecule has 2 N–H and O–H groups in total.